The van der Waals surface area contributed by atoms with E-state index in [-0.39, 0.29) is 12.0 Å². The largest absolute Gasteiger partial charge is 0.337 e. The van der Waals surface area contributed by atoms with Crippen LogP contribution >= 0.6 is 0 Å². The molecule has 0 bridgehead atoms. The van der Waals surface area contributed by atoms with E-state index < -0.39 is 5.54 Å². The zero-order valence-corrected chi connectivity index (χ0v) is 15.0. The van der Waals surface area contributed by atoms with E-state index in [1.54, 1.807) is 4.80 Å². The molecule has 2 aromatic heterocycles. The standard InChI is InChI=1S/C18H23N7O/c1-12(2)14(16-20-17(23-26-16)18(19)10-6-7-11-18)25-22-15(21-24-25)13-8-4-3-5-9-13/h3-5,8-9,12,14H,6-7,10-11,19H2,1-2H3. The quantitative estimate of drug-likeness (QED) is 0.751. The Hall–Kier alpha value is -2.61. The zero-order valence-electron chi connectivity index (χ0n) is 15.0. The van der Waals surface area contributed by atoms with Gasteiger partial charge < -0.3 is 10.3 Å². The van der Waals surface area contributed by atoms with E-state index in [1.165, 1.54) is 0 Å². The molecular weight excluding hydrogens is 330 g/mol. The fourth-order valence-corrected chi connectivity index (χ4v) is 3.48. The maximum atomic E-state index is 6.45. The third-order valence-corrected chi connectivity index (χ3v) is 4.98. The highest BCUT2D eigenvalue weighted by atomic mass is 16.5. The van der Waals surface area contributed by atoms with E-state index in [0.29, 0.717) is 17.5 Å². The lowest BCUT2D eigenvalue weighted by atomic mass is 9.98. The van der Waals surface area contributed by atoms with Gasteiger partial charge in [-0.15, -0.1) is 10.2 Å². The molecule has 2 N–H and O–H groups in total. The van der Waals surface area contributed by atoms with Crippen molar-refractivity contribution in [2.75, 3.05) is 0 Å². The van der Waals surface area contributed by atoms with Gasteiger partial charge >= 0.3 is 0 Å². The van der Waals surface area contributed by atoms with Crippen LogP contribution in [-0.4, -0.2) is 30.3 Å². The Morgan fingerprint density at radius 3 is 2.58 bits per heavy atom. The van der Waals surface area contributed by atoms with Gasteiger partial charge in [0.05, 0.1) is 5.54 Å². The lowest BCUT2D eigenvalue weighted by Gasteiger charge is -2.18. The number of aromatic nitrogens is 6. The molecule has 1 saturated carbocycles. The fraction of sp³-hybridized carbons (Fsp3) is 0.500. The number of hydrogen-bond acceptors (Lipinski definition) is 7. The molecule has 0 amide bonds. The van der Waals surface area contributed by atoms with E-state index >= 15 is 0 Å². The number of benzene rings is 1. The summed E-state index contributed by atoms with van der Waals surface area (Å²) in [5, 5.41) is 17.1. The van der Waals surface area contributed by atoms with Crippen LogP contribution in [0.25, 0.3) is 11.4 Å². The third-order valence-electron chi connectivity index (χ3n) is 4.98. The summed E-state index contributed by atoms with van der Waals surface area (Å²) in [6, 6.07) is 9.47. The maximum absolute atomic E-state index is 6.45. The maximum Gasteiger partial charge on any atom is 0.253 e. The van der Waals surface area contributed by atoms with Gasteiger partial charge in [0.25, 0.3) is 5.89 Å². The zero-order chi connectivity index (χ0) is 18.1. The second-order valence-electron chi connectivity index (χ2n) is 7.31. The first kappa shape index (κ1) is 16.8. The Labute approximate surface area is 151 Å². The topological polar surface area (TPSA) is 109 Å². The van der Waals surface area contributed by atoms with Gasteiger partial charge in [0.15, 0.2) is 11.9 Å². The van der Waals surface area contributed by atoms with Crippen LogP contribution in [0.3, 0.4) is 0 Å². The highest BCUT2D eigenvalue weighted by Gasteiger charge is 2.37. The minimum absolute atomic E-state index is 0.151. The van der Waals surface area contributed by atoms with Crippen molar-refractivity contribution < 1.29 is 4.52 Å². The number of nitrogens with two attached hydrogens (primary N) is 1. The van der Waals surface area contributed by atoms with Crippen LogP contribution in [-0.2, 0) is 5.54 Å². The Bertz CT molecular complexity index is 865. The predicted octanol–water partition coefficient (Wildman–Crippen LogP) is 2.70. The SMILES string of the molecule is CC(C)C(c1nc(C2(N)CCCC2)no1)n1nnc(-c2ccccc2)n1. The predicted molar refractivity (Wildman–Crippen MR) is 94.9 cm³/mol. The highest BCUT2D eigenvalue weighted by Crippen LogP contribution is 2.35. The van der Waals surface area contributed by atoms with Gasteiger partial charge in [-0.25, -0.2) is 0 Å². The minimum atomic E-state index is -0.478. The van der Waals surface area contributed by atoms with Crippen molar-refractivity contribution in [1.82, 2.24) is 30.3 Å². The lowest BCUT2D eigenvalue weighted by Crippen LogP contribution is -2.34. The van der Waals surface area contributed by atoms with Crippen LogP contribution in [0.15, 0.2) is 34.9 Å². The van der Waals surface area contributed by atoms with Gasteiger partial charge in [0, 0.05) is 5.56 Å². The van der Waals surface area contributed by atoms with Crippen molar-refractivity contribution in [3.05, 3.63) is 42.0 Å². The number of tetrazole rings is 1. The summed E-state index contributed by atoms with van der Waals surface area (Å²) >= 11 is 0. The van der Waals surface area contributed by atoms with Crippen molar-refractivity contribution in [3.63, 3.8) is 0 Å². The Kier molecular flexibility index (Phi) is 4.28. The molecule has 1 aromatic carbocycles. The summed E-state index contributed by atoms with van der Waals surface area (Å²) in [5.74, 6) is 1.78. The molecule has 0 aliphatic heterocycles. The van der Waals surface area contributed by atoms with E-state index in [1.807, 2.05) is 30.3 Å². The first-order valence-electron chi connectivity index (χ1n) is 9.05. The van der Waals surface area contributed by atoms with Crippen LogP contribution in [0, 0.1) is 5.92 Å². The molecular formula is C18H23N7O. The third kappa shape index (κ3) is 3.01. The van der Waals surface area contributed by atoms with Crippen molar-refractivity contribution in [2.45, 2.75) is 51.1 Å². The second-order valence-corrected chi connectivity index (χ2v) is 7.31. The Morgan fingerprint density at radius 1 is 1.15 bits per heavy atom. The summed E-state index contributed by atoms with van der Waals surface area (Å²) in [6.45, 7) is 4.13. The van der Waals surface area contributed by atoms with Crippen molar-refractivity contribution in [3.8, 4) is 11.4 Å². The van der Waals surface area contributed by atoms with Crippen LogP contribution in [0.5, 0.6) is 0 Å². The number of hydrogen-bond donors (Lipinski definition) is 1. The second kappa shape index (κ2) is 6.60. The molecule has 0 saturated heterocycles. The molecule has 8 nitrogen and oxygen atoms in total. The summed E-state index contributed by atoms with van der Waals surface area (Å²) in [6.07, 6.45) is 3.97. The van der Waals surface area contributed by atoms with Crippen LogP contribution < -0.4 is 5.73 Å². The number of nitrogens with zero attached hydrogens (tertiary/aromatic N) is 6. The molecule has 136 valence electrons. The van der Waals surface area contributed by atoms with Gasteiger partial charge in [0.1, 0.15) is 0 Å². The van der Waals surface area contributed by atoms with Crippen LogP contribution in [0.4, 0.5) is 0 Å². The van der Waals surface area contributed by atoms with Crippen LogP contribution in [0.1, 0.15) is 57.3 Å². The Balaban J connectivity index is 1.65. The molecule has 0 radical (unpaired) electrons. The van der Waals surface area contributed by atoms with E-state index in [4.69, 9.17) is 10.3 Å². The lowest BCUT2D eigenvalue weighted by molar-refractivity contribution is 0.261. The minimum Gasteiger partial charge on any atom is -0.337 e. The molecule has 0 spiro atoms. The molecule has 8 heteroatoms. The van der Waals surface area contributed by atoms with Gasteiger partial charge in [-0.2, -0.15) is 9.78 Å². The van der Waals surface area contributed by atoms with Crippen molar-refractivity contribution in [2.24, 2.45) is 11.7 Å². The van der Waals surface area contributed by atoms with Gasteiger partial charge in [0.2, 0.25) is 5.82 Å². The van der Waals surface area contributed by atoms with E-state index in [0.717, 1.165) is 31.2 Å². The van der Waals surface area contributed by atoms with Crippen LogP contribution in [0.2, 0.25) is 0 Å². The molecule has 26 heavy (non-hydrogen) atoms. The summed E-state index contributed by atoms with van der Waals surface area (Å²) < 4.78 is 5.57. The van der Waals surface area contributed by atoms with E-state index in [9.17, 15) is 0 Å². The molecule has 1 aliphatic carbocycles. The fourth-order valence-electron chi connectivity index (χ4n) is 3.48. The molecule has 2 heterocycles. The summed E-state index contributed by atoms with van der Waals surface area (Å²) in [4.78, 5) is 6.17. The average molecular weight is 353 g/mol. The Morgan fingerprint density at radius 2 is 1.88 bits per heavy atom. The first-order valence-corrected chi connectivity index (χ1v) is 9.05. The normalized spacial score (nSPS) is 17.7. The van der Waals surface area contributed by atoms with Crippen molar-refractivity contribution >= 4 is 0 Å². The molecule has 3 aromatic rings. The summed E-state index contributed by atoms with van der Waals surface area (Å²) in [5.41, 5.74) is 6.89. The molecule has 1 atom stereocenters. The van der Waals surface area contributed by atoms with Gasteiger partial charge in [-0.05, 0) is 24.0 Å². The van der Waals surface area contributed by atoms with Gasteiger partial charge in [-0.3, -0.25) is 0 Å². The molecule has 1 unspecified atom stereocenters. The van der Waals surface area contributed by atoms with E-state index in [2.05, 4.69) is 39.4 Å². The van der Waals surface area contributed by atoms with Gasteiger partial charge in [-0.1, -0.05) is 62.2 Å². The molecule has 4 rings (SSSR count). The highest BCUT2D eigenvalue weighted by molar-refractivity contribution is 5.53. The number of rotatable bonds is 5. The molecule has 1 fully saturated rings. The average Bonchev–Trinajstić information content (AvgIpc) is 3.37. The monoisotopic (exact) mass is 353 g/mol. The van der Waals surface area contributed by atoms with Crippen molar-refractivity contribution in [1.29, 1.82) is 0 Å². The first-order chi connectivity index (χ1) is 12.6. The summed E-state index contributed by atoms with van der Waals surface area (Å²) in [7, 11) is 0. The molecule has 1 aliphatic rings. The smallest absolute Gasteiger partial charge is 0.253 e.